The van der Waals surface area contributed by atoms with Crippen LogP contribution in [-0.2, 0) is 12.6 Å². The van der Waals surface area contributed by atoms with Crippen LogP contribution in [-0.4, -0.2) is 5.11 Å². The Balaban J connectivity index is 2.30. The van der Waals surface area contributed by atoms with E-state index in [2.05, 4.69) is 0 Å². The zero-order valence-corrected chi connectivity index (χ0v) is 10.7. The summed E-state index contributed by atoms with van der Waals surface area (Å²) in [7, 11) is 0. The molecule has 1 N–H and O–H groups in total. The highest BCUT2D eigenvalue weighted by Crippen LogP contribution is 2.36. The maximum atomic E-state index is 13.0. The van der Waals surface area contributed by atoms with Gasteiger partial charge in [0.15, 0.2) is 0 Å². The number of hydrogen-bond acceptors (Lipinski definition) is 1. The summed E-state index contributed by atoms with van der Waals surface area (Å²) in [5.41, 5.74) is -1.15. The summed E-state index contributed by atoms with van der Waals surface area (Å²) in [6.07, 6.45) is -6.36. The standard InChI is InChI=1S/C15H11F5O/c16-10-3-1-9(2-4-10)7-14(21)12-6-5-11(17)8-13(12)15(18,19)20/h1-6,8,14,21H,7H2. The van der Waals surface area contributed by atoms with Crippen LogP contribution in [0.3, 0.4) is 0 Å². The fourth-order valence-corrected chi connectivity index (χ4v) is 2.02. The van der Waals surface area contributed by atoms with Gasteiger partial charge in [0.1, 0.15) is 11.6 Å². The molecule has 1 nitrogen and oxygen atoms in total. The van der Waals surface area contributed by atoms with E-state index >= 15 is 0 Å². The van der Waals surface area contributed by atoms with Crippen LogP contribution < -0.4 is 0 Å². The SMILES string of the molecule is OC(Cc1ccc(F)cc1)c1ccc(F)cc1C(F)(F)F. The second-order valence-corrected chi connectivity index (χ2v) is 4.58. The Labute approximate surface area is 117 Å². The van der Waals surface area contributed by atoms with Gasteiger partial charge in [-0.2, -0.15) is 13.2 Å². The molecule has 0 spiro atoms. The van der Waals surface area contributed by atoms with Gasteiger partial charge in [-0.3, -0.25) is 0 Å². The molecule has 0 aliphatic carbocycles. The molecular formula is C15H11F5O. The number of rotatable bonds is 3. The lowest BCUT2D eigenvalue weighted by Gasteiger charge is -2.17. The molecule has 6 heteroatoms. The number of halogens is 5. The number of aliphatic hydroxyl groups is 1. The van der Waals surface area contributed by atoms with Gasteiger partial charge in [0, 0.05) is 6.42 Å². The third-order valence-corrected chi connectivity index (χ3v) is 3.02. The van der Waals surface area contributed by atoms with Crippen LogP contribution >= 0.6 is 0 Å². The van der Waals surface area contributed by atoms with Crippen molar-refractivity contribution < 1.29 is 27.1 Å². The summed E-state index contributed by atoms with van der Waals surface area (Å²) in [6, 6.07) is 7.16. The molecule has 2 aromatic rings. The molecule has 0 aliphatic heterocycles. The van der Waals surface area contributed by atoms with Gasteiger partial charge in [0.2, 0.25) is 0 Å². The highest BCUT2D eigenvalue weighted by molar-refractivity contribution is 5.33. The summed E-state index contributed by atoms with van der Waals surface area (Å²) >= 11 is 0. The zero-order valence-electron chi connectivity index (χ0n) is 10.7. The van der Waals surface area contributed by atoms with Crippen LogP contribution in [0.2, 0.25) is 0 Å². The largest absolute Gasteiger partial charge is 0.416 e. The molecule has 1 unspecified atom stereocenters. The van der Waals surface area contributed by atoms with E-state index in [1.54, 1.807) is 0 Å². The minimum Gasteiger partial charge on any atom is -0.388 e. The third-order valence-electron chi connectivity index (χ3n) is 3.02. The van der Waals surface area contributed by atoms with Gasteiger partial charge < -0.3 is 5.11 Å². The fraction of sp³-hybridized carbons (Fsp3) is 0.200. The molecule has 0 aliphatic rings. The van der Waals surface area contributed by atoms with Crippen LogP contribution in [0.1, 0.15) is 22.8 Å². The van der Waals surface area contributed by atoms with E-state index in [1.165, 1.54) is 12.1 Å². The van der Waals surface area contributed by atoms with Crippen molar-refractivity contribution >= 4 is 0 Å². The van der Waals surface area contributed by atoms with Crippen molar-refractivity contribution in [3.63, 3.8) is 0 Å². The van der Waals surface area contributed by atoms with Crippen molar-refractivity contribution in [2.75, 3.05) is 0 Å². The van der Waals surface area contributed by atoms with Crippen molar-refractivity contribution in [2.24, 2.45) is 0 Å². The lowest BCUT2D eigenvalue weighted by atomic mass is 9.96. The number of hydrogen-bond donors (Lipinski definition) is 1. The Hall–Kier alpha value is -1.95. The summed E-state index contributed by atoms with van der Waals surface area (Å²) < 4.78 is 64.3. The molecule has 1 atom stereocenters. The number of aliphatic hydroxyl groups excluding tert-OH is 1. The normalized spacial score (nSPS) is 13.2. The predicted molar refractivity (Wildman–Crippen MR) is 66.5 cm³/mol. The Morgan fingerprint density at radius 2 is 1.48 bits per heavy atom. The van der Waals surface area contributed by atoms with Gasteiger partial charge in [-0.1, -0.05) is 18.2 Å². The maximum absolute atomic E-state index is 13.0. The second kappa shape index (κ2) is 5.81. The Kier molecular flexibility index (Phi) is 4.27. The molecular weight excluding hydrogens is 291 g/mol. The molecule has 112 valence electrons. The van der Waals surface area contributed by atoms with E-state index in [1.807, 2.05) is 0 Å². The first kappa shape index (κ1) is 15.4. The van der Waals surface area contributed by atoms with Crippen LogP contribution in [0, 0.1) is 11.6 Å². The van der Waals surface area contributed by atoms with Crippen molar-refractivity contribution in [1.29, 1.82) is 0 Å². The first-order valence-corrected chi connectivity index (χ1v) is 6.06. The fourth-order valence-electron chi connectivity index (χ4n) is 2.02. The lowest BCUT2D eigenvalue weighted by molar-refractivity contribution is -0.139. The van der Waals surface area contributed by atoms with E-state index in [-0.39, 0.29) is 6.42 Å². The van der Waals surface area contributed by atoms with Crippen LogP contribution in [0.25, 0.3) is 0 Å². The predicted octanol–water partition coefficient (Wildman–Crippen LogP) is 4.26. The van der Waals surface area contributed by atoms with Crippen molar-refractivity contribution in [2.45, 2.75) is 18.7 Å². The highest BCUT2D eigenvalue weighted by Gasteiger charge is 2.35. The van der Waals surface area contributed by atoms with Gasteiger partial charge in [0.25, 0.3) is 0 Å². The van der Waals surface area contributed by atoms with Crippen molar-refractivity contribution in [3.8, 4) is 0 Å². The molecule has 0 fully saturated rings. The second-order valence-electron chi connectivity index (χ2n) is 4.58. The van der Waals surface area contributed by atoms with Crippen molar-refractivity contribution in [3.05, 3.63) is 70.8 Å². The average molecular weight is 302 g/mol. The summed E-state index contributed by atoms with van der Waals surface area (Å²) in [5.74, 6) is -1.51. The highest BCUT2D eigenvalue weighted by atomic mass is 19.4. The molecule has 0 heterocycles. The number of benzene rings is 2. The molecule has 0 amide bonds. The van der Waals surface area contributed by atoms with Gasteiger partial charge in [-0.05, 0) is 35.4 Å². The quantitative estimate of drug-likeness (QED) is 0.840. The average Bonchev–Trinajstić information content (AvgIpc) is 2.40. The van der Waals surface area contributed by atoms with Gasteiger partial charge >= 0.3 is 6.18 Å². The summed E-state index contributed by atoms with van der Waals surface area (Å²) in [6.45, 7) is 0. The first-order valence-electron chi connectivity index (χ1n) is 6.06. The molecule has 0 saturated carbocycles. The van der Waals surface area contributed by atoms with Gasteiger partial charge in [0.05, 0.1) is 11.7 Å². The smallest absolute Gasteiger partial charge is 0.388 e. The topological polar surface area (TPSA) is 20.2 Å². The zero-order chi connectivity index (χ0) is 15.6. The maximum Gasteiger partial charge on any atom is 0.416 e. The molecule has 2 aromatic carbocycles. The van der Waals surface area contributed by atoms with Crippen LogP contribution in [0.5, 0.6) is 0 Å². The van der Waals surface area contributed by atoms with Gasteiger partial charge in [-0.25, -0.2) is 8.78 Å². The van der Waals surface area contributed by atoms with E-state index in [4.69, 9.17) is 0 Å². The van der Waals surface area contributed by atoms with Crippen LogP contribution in [0.4, 0.5) is 22.0 Å². The molecule has 0 radical (unpaired) electrons. The molecule has 2 rings (SSSR count). The third kappa shape index (κ3) is 3.78. The van der Waals surface area contributed by atoms with Crippen molar-refractivity contribution in [1.82, 2.24) is 0 Å². The van der Waals surface area contributed by atoms with E-state index < -0.39 is 35.0 Å². The summed E-state index contributed by atoms with van der Waals surface area (Å²) in [4.78, 5) is 0. The minimum absolute atomic E-state index is 0.130. The lowest BCUT2D eigenvalue weighted by Crippen LogP contribution is -2.14. The first-order chi connectivity index (χ1) is 9.77. The Morgan fingerprint density at radius 3 is 2.05 bits per heavy atom. The molecule has 0 bridgehead atoms. The molecule has 0 saturated heterocycles. The summed E-state index contributed by atoms with van der Waals surface area (Å²) in [5, 5.41) is 9.96. The Bertz CT molecular complexity index is 619. The minimum atomic E-state index is -4.76. The monoisotopic (exact) mass is 302 g/mol. The van der Waals surface area contributed by atoms with Gasteiger partial charge in [-0.15, -0.1) is 0 Å². The van der Waals surface area contributed by atoms with E-state index in [0.717, 1.165) is 24.3 Å². The van der Waals surface area contributed by atoms with E-state index in [0.29, 0.717) is 11.6 Å². The molecule has 0 aromatic heterocycles. The Morgan fingerprint density at radius 1 is 0.905 bits per heavy atom. The van der Waals surface area contributed by atoms with E-state index in [9.17, 15) is 27.1 Å². The number of alkyl halides is 3. The van der Waals surface area contributed by atoms with Crippen LogP contribution in [0.15, 0.2) is 42.5 Å². The molecule has 21 heavy (non-hydrogen) atoms.